The summed E-state index contributed by atoms with van der Waals surface area (Å²) < 4.78 is 4.22. The average Bonchev–Trinajstić information content (AvgIpc) is 3.36. The molecular formula is C26H26N6. The van der Waals surface area contributed by atoms with Crippen molar-refractivity contribution in [3.8, 4) is 0 Å². The van der Waals surface area contributed by atoms with Crippen LogP contribution in [-0.4, -0.2) is 28.7 Å². The van der Waals surface area contributed by atoms with Crippen LogP contribution in [-0.2, 0) is 0 Å². The minimum atomic E-state index is 0.526. The van der Waals surface area contributed by atoms with Gasteiger partial charge in [0, 0.05) is 24.8 Å². The minimum absolute atomic E-state index is 0.526. The van der Waals surface area contributed by atoms with E-state index < -0.39 is 0 Å². The van der Waals surface area contributed by atoms with E-state index in [0.29, 0.717) is 11.8 Å². The normalized spacial score (nSPS) is 11.7. The summed E-state index contributed by atoms with van der Waals surface area (Å²) in [6, 6.07) is 12.3. The number of hydrogen-bond donors (Lipinski definition) is 0. The second-order valence-corrected chi connectivity index (χ2v) is 8.64. The molecule has 6 heterocycles. The minimum Gasteiger partial charge on any atom is -0.298 e. The molecule has 0 aliphatic rings. The summed E-state index contributed by atoms with van der Waals surface area (Å²) >= 11 is 0. The molecule has 0 fully saturated rings. The first-order chi connectivity index (χ1) is 15.5. The van der Waals surface area contributed by atoms with Crippen LogP contribution in [0.15, 0.2) is 73.6 Å². The Hall–Kier alpha value is -3.80. The molecule has 0 saturated heterocycles. The molecule has 0 radical (unpaired) electrons. The van der Waals surface area contributed by atoms with Crippen LogP contribution in [0.5, 0.6) is 0 Å². The summed E-state index contributed by atoms with van der Waals surface area (Å²) in [7, 11) is 0. The molecule has 0 atom stereocenters. The van der Waals surface area contributed by atoms with E-state index in [-0.39, 0.29) is 0 Å². The van der Waals surface area contributed by atoms with Crippen LogP contribution in [0.25, 0.3) is 33.4 Å². The molecule has 0 unspecified atom stereocenters. The molecule has 0 N–H and O–H groups in total. The molecule has 0 saturated carbocycles. The third kappa shape index (κ3) is 3.58. The van der Waals surface area contributed by atoms with Crippen LogP contribution in [0, 0.1) is 0 Å². The third-order valence-corrected chi connectivity index (χ3v) is 5.78. The Balaban J connectivity index is 0.000000135. The quantitative estimate of drug-likeness (QED) is 0.343. The monoisotopic (exact) mass is 422 g/mol. The van der Waals surface area contributed by atoms with Crippen LogP contribution >= 0.6 is 0 Å². The molecule has 6 aromatic rings. The first-order valence-corrected chi connectivity index (χ1v) is 10.9. The van der Waals surface area contributed by atoms with Gasteiger partial charge in [0.1, 0.15) is 11.3 Å². The van der Waals surface area contributed by atoms with Gasteiger partial charge in [-0.05, 0) is 47.2 Å². The van der Waals surface area contributed by atoms with Crippen molar-refractivity contribution >= 4 is 33.4 Å². The van der Waals surface area contributed by atoms with Crippen molar-refractivity contribution < 1.29 is 0 Å². The zero-order valence-electron chi connectivity index (χ0n) is 18.8. The van der Waals surface area contributed by atoms with Crippen molar-refractivity contribution in [3.63, 3.8) is 0 Å². The van der Waals surface area contributed by atoms with Gasteiger partial charge in [-0.25, -0.2) is 9.97 Å². The second kappa shape index (κ2) is 8.04. The molecule has 0 aliphatic carbocycles. The predicted molar refractivity (Wildman–Crippen MR) is 129 cm³/mol. The molecule has 0 amide bonds. The lowest BCUT2D eigenvalue weighted by molar-refractivity contribution is 0.855. The molecule has 6 nitrogen and oxygen atoms in total. The Morgan fingerprint density at radius 2 is 1.03 bits per heavy atom. The van der Waals surface area contributed by atoms with Gasteiger partial charge >= 0.3 is 0 Å². The van der Waals surface area contributed by atoms with Gasteiger partial charge in [-0.3, -0.25) is 18.8 Å². The lowest BCUT2D eigenvalue weighted by atomic mass is 10.1. The molecule has 0 aliphatic heterocycles. The topological polar surface area (TPSA) is 60.4 Å². The molecule has 160 valence electrons. The Kier molecular flexibility index (Phi) is 5.05. The van der Waals surface area contributed by atoms with Gasteiger partial charge in [0.2, 0.25) is 0 Å². The highest BCUT2D eigenvalue weighted by Gasteiger charge is 2.07. The molecular weight excluding hydrogens is 396 g/mol. The summed E-state index contributed by atoms with van der Waals surface area (Å²) in [5, 5.41) is 0. The van der Waals surface area contributed by atoms with Crippen LogP contribution in [0.4, 0.5) is 0 Å². The maximum Gasteiger partial charge on any atom is 0.137 e. The molecule has 6 aromatic heterocycles. The number of imidazole rings is 2. The first kappa shape index (κ1) is 20.1. The Bertz CT molecular complexity index is 1420. The maximum absolute atomic E-state index is 4.54. The number of rotatable bonds is 2. The molecule has 32 heavy (non-hydrogen) atoms. The van der Waals surface area contributed by atoms with E-state index in [2.05, 4.69) is 93.1 Å². The molecule has 6 rings (SSSR count). The van der Waals surface area contributed by atoms with E-state index in [9.17, 15) is 0 Å². The molecule has 0 aromatic carbocycles. The van der Waals surface area contributed by atoms with Crippen molar-refractivity contribution in [2.75, 3.05) is 0 Å². The van der Waals surface area contributed by atoms with Crippen LogP contribution in [0.2, 0.25) is 0 Å². The van der Waals surface area contributed by atoms with E-state index in [0.717, 1.165) is 33.4 Å². The van der Waals surface area contributed by atoms with Gasteiger partial charge in [-0.2, -0.15) is 0 Å². The highest BCUT2D eigenvalue weighted by atomic mass is 15.0. The lowest BCUT2D eigenvalue weighted by Crippen LogP contribution is -1.92. The van der Waals surface area contributed by atoms with Crippen LogP contribution in [0.1, 0.15) is 50.7 Å². The fourth-order valence-corrected chi connectivity index (χ4v) is 3.83. The number of fused-ring (bicyclic) bond motifs is 6. The largest absolute Gasteiger partial charge is 0.298 e. The van der Waals surface area contributed by atoms with Gasteiger partial charge in [-0.15, -0.1) is 0 Å². The van der Waals surface area contributed by atoms with E-state index in [4.69, 9.17) is 0 Å². The van der Waals surface area contributed by atoms with E-state index in [1.165, 1.54) is 11.1 Å². The zero-order valence-corrected chi connectivity index (χ0v) is 18.8. The van der Waals surface area contributed by atoms with Gasteiger partial charge < -0.3 is 0 Å². The summed E-state index contributed by atoms with van der Waals surface area (Å²) in [5.41, 5.74) is 8.72. The van der Waals surface area contributed by atoms with Crippen molar-refractivity contribution in [1.29, 1.82) is 0 Å². The third-order valence-electron chi connectivity index (χ3n) is 5.78. The smallest absolute Gasteiger partial charge is 0.137 e. The SMILES string of the molecule is CC(C)c1ccc2nc3ccncc3n2c1.CC(C)c1ccc2nc3ccncc3n2c1. The highest BCUT2D eigenvalue weighted by Crippen LogP contribution is 2.21. The van der Waals surface area contributed by atoms with Gasteiger partial charge in [0.25, 0.3) is 0 Å². The summed E-state index contributed by atoms with van der Waals surface area (Å²) in [4.78, 5) is 17.4. The lowest BCUT2D eigenvalue weighted by Gasteiger charge is -2.05. The number of hydrogen-bond acceptors (Lipinski definition) is 4. The summed E-state index contributed by atoms with van der Waals surface area (Å²) in [6.07, 6.45) is 11.6. The standard InChI is InChI=1S/2C13H13N3/c2*1-9(2)10-3-4-13-15-11-5-6-14-7-12(11)16(13)8-10/h2*3-9H,1-2H3. The van der Waals surface area contributed by atoms with Crippen molar-refractivity contribution in [1.82, 2.24) is 28.7 Å². The van der Waals surface area contributed by atoms with Crippen LogP contribution < -0.4 is 0 Å². The molecule has 6 heteroatoms. The first-order valence-electron chi connectivity index (χ1n) is 10.9. The predicted octanol–water partition coefficient (Wildman–Crippen LogP) is 6.01. The summed E-state index contributed by atoms with van der Waals surface area (Å²) in [5.74, 6) is 1.05. The fraction of sp³-hybridized carbons (Fsp3) is 0.231. The van der Waals surface area contributed by atoms with Gasteiger partial charge in [0.05, 0.1) is 34.5 Å². The van der Waals surface area contributed by atoms with Gasteiger partial charge in [0.15, 0.2) is 0 Å². The molecule has 0 bridgehead atoms. The van der Waals surface area contributed by atoms with E-state index in [1.54, 1.807) is 12.4 Å². The van der Waals surface area contributed by atoms with E-state index >= 15 is 0 Å². The van der Waals surface area contributed by atoms with Crippen molar-refractivity contribution in [2.45, 2.75) is 39.5 Å². The zero-order chi connectivity index (χ0) is 22.2. The van der Waals surface area contributed by atoms with Crippen LogP contribution in [0.3, 0.4) is 0 Å². The number of aromatic nitrogens is 6. The fourth-order valence-electron chi connectivity index (χ4n) is 3.83. The maximum atomic E-state index is 4.54. The highest BCUT2D eigenvalue weighted by molar-refractivity contribution is 5.80. The van der Waals surface area contributed by atoms with Crippen molar-refractivity contribution in [2.24, 2.45) is 0 Å². The summed E-state index contributed by atoms with van der Waals surface area (Å²) in [6.45, 7) is 8.77. The molecule has 0 spiro atoms. The number of pyridine rings is 4. The van der Waals surface area contributed by atoms with Crippen molar-refractivity contribution in [3.05, 3.63) is 84.7 Å². The second-order valence-electron chi connectivity index (χ2n) is 8.64. The van der Waals surface area contributed by atoms with E-state index in [1.807, 2.05) is 24.5 Å². The average molecular weight is 423 g/mol. The Morgan fingerprint density at radius 1 is 0.594 bits per heavy atom. The van der Waals surface area contributed by atoms with Gasteiger partial charge in [-0.1, -0.05) is 39.8 Å². The Labute approximate surface area is 186 Å². The Morgan fingerprint density at radius 3 is 1.44 bits per heavy atom. The number of nitrogens with zero attached hydrogens (tertiary/aromatic N) is 6.